The van der Waals surface area contributed by atoms with Crippen molar-refractivity contribution in [3.05, 3.63) is 29.7 Å². The Labute approximate surface area is 131 Å². The number of carbonyl (C=O) groups is 1. The number of halogens is 1. The maximum Gasteiger partial charge on any atom is 0.228 e. The summed E-state index contributed by atoms with van der Waals surface area (Å²) < 4.78 is 0. The minimum absolute atomic E-state index is 0.0441. The predicted molar refractivity (Wildman–Crippen MR) is 86.8 cm³/mol. The molecule has 2 rings (SSSR count). The Morgan fingerprint density at radius 3 is 3.00 bits per heavy atom. The van der Waals surface area contributed by atoms with Gasteiger partial charge in [-0.3, -0.25) is 9.78 Å². The number of amides is 1. The molecule has 1 amide bonds. The first-order valence-electron chi connectivity index (χ1n) is 5.95. The van der Waals surface area contributed by atoms with E-state index in [2.05, 4.69) is 9.97 Å². The summed E-state index contributed by atoms with van der Waals surface area (Å²) in [7, 11) is 1.73. The fraction of sp³-hybridized carbons (Fsp3) is 0.308. The van der Waals surface area contributed by atoms with Crippen LogP contribution in [0.25, 0.3) is 10.6 Å². The highest BCUT2D eigenvalue weighted by Gasteiger charge is 2.19. The summed E-state index contributed by atoms with van der Waals surface area (Å²) in [5.74, 6) is 0.845. The van der Waals surface area contributed by atoms with Crippen LogP contribution in [-0.4, -0.2) is 34.9 Å². The van der Waals surface area contributed by atoms with Crippen LogP contribution in [0.2, 0.25) is 5.15 Å². The van der Waals surface area contributed by atoms with Crippen molar-refractivity contribution >= 4 is 45.6 Å². The molecule has 0 N–H and O–H groups in total. The molecule has 7 heteroatoms. The van der Waals surface area contributed by atoms with E-state index < -0.39 is 0 Å². The van der Waals surface area contributed by atoms with Gasteiger partial charge in [-0.05, 0) is 18.4 Å². The molecule has 20 heavy (non-hydrogen) atoms. The smallest absolute Gasteiger partial charge is 0.228 e. The van der Waals surface area contributed by atoms with Crippen molar-refractivity contribution in [2.24, 2.45) is 0 Å². The lowest BCUT2D eigenvalue weighted by Crippen LogP contribution is -2.25. The van der Waals surface area contributed by atoms with Crippen LogP contribution in [-0.2, 0) is 4.79 Å². The van der Waals surface area contributed by atoms with Crippen LogP contribution in [0.15, 0.2) is 24.5 Å². The summed E-state index contributed by atoms with van der Waals surface area (Å²) in [5, 5.41) is 1.80. The van der Waals surface area contributed by atoms with Crippen LogP contribution < -0.4 is 4.90 Å². The van der Waals surface area contributed by atoms with Crippen LogP contribution in [0.1, 0.15) is 6.42 Å². The van der Waals surface area contributed by atoms with Crippen LogP contribution in [0.5, 0.6) is 0 Å². The zero-order valence-electron chi connectivity index (χ0n) is 11.2. The predicted octanol–water partition coefficient (Wildman–Crippen LogP) is 3.57. The fourth-order valence-electron chi connectivity index (χ4n) is 1.58. The van der Waals surface area contributed by atoms with Gasteiger partial charge in [0.2, 0.25) is 5.91 Å². The Kier molecular flexibility index (Phi) is 5.39. The summed E-state index contributed by atoms with van der Waals surface area (Å²) in [4.78, 5) is 22.0. The molecule has 2 heterocycles. The molecule has 0 radical (unpaired) electrons. The van der Waals surface area contributed by atoms with E-state index in [0.29, 0.717) is 16.6 Å². The van der Waals surface area contributed by atoms with Gasteiger partial charge in [0.25, 0.3) is 0 Å². The largest absolute Gasteiger partial charge is 0.304 e. The normalized spacial score (nSPS) is 10.6. The SMILES string of the molecule is CSCCC(=O)N(C)c1sc(-c2cccnc2)nc1Cl. The topological polar surface area (TPSA) is 46.1 Å². The highest BCUT2D eigenvalue weighted by atomic mass is 35.5. The van der Waals surface area contributed by atoms with E-state index in [0.717, 1.165) is 16.3 Å². The van der Waals surface area contributed by atoms with E-state index in [1.54, 1.807) is 36.1 Å². The third-order valence-corrected chi connectivity index (χ3v) is 4.85. The van der Waals surface area contributed by atoms with Crippen molar-refractivity contribution in [2.75, 3.05) is 24.0 Å². The minimum Gasteiger partial charge on any atom is -0.304 e. The van der Waals surface area contributed by atoms with E-state index in [1.165, 1.54) is 11.3 Å². The quantitative estimate of drug-likeness (QED) is 0.842. The molecule has 0 fully saturated rings. The molecule has 0 aliphatic heterocycles. The summed E-state index contributed by atoms with van der Waals surface area (Å²) in [5.41, 5.74) is 0.899. The first kappa shape index (κ1) is 15.3. The number of hydrogen-bond donors (Lipinski definition) is 0. The fourth-order valence-corrected chi connectivity index (χ4v) is 3.27. The second-order valence-corrected chi connectivity index (χ2v) is 6.37. The summed E-state index contributed by atoms with van der Waals surface area (Å²) in [6, 6.07) is 3.76. The maximum atomic E-state index is 12.0. The summed E-state index contributed by atoms with van der Waals surface area (Å²) in [6.45, 7) is 0. The molecule has 0 spiro atoms. The Hall–Kier alpha value is -1.11. The van der Waals surface area contributed by atoms with E-state index in [1.807, 2.05) is 18.4 Å². The third-order valence-electron chi connectivity index (χ3n) is 2.68. The van der Waals surface area contributed by atoms with E-state index in [-0.39, 0.29) is 5.91 Å². The van der Waals surface area contributed by atoms with Crippen LogP contribution >= 0.6 is 34.7 Å². The van der Waals surface area contributed by atoms with Gasteiger partial charge in [0, 0.05) is 37.2 Å². The van der Waals surface area contributed by atoms with Crippen molar-refractivity contribution < 1.29 is 4.79 Å². The van der Waals surface area contributed by atoms with Crippen molar-refractivity contribution in [1.82, 2.24) is 9.97 Å². The van der Waals surface area contributed by atoms with Crippen LogP contribution in [0, 0.1) is 0 Å². The van der Waals surface area contributed by atoms with Crippen molar-refractivity contribution in [2.45, 2.75) is 6.42 Å². The summed E-state index contributed by atoms with van der Waals surface area (Å²) >= 11 is 9.19. The standard InChI is InChI=1S/C13H14ClN3OS2/c1-17(10(18)5-7-19-2)13-11(14)16-12(20-13)9-4-3-6-15-8-9/h3-4,6,8H,5,7H2,1-2H3. The first-order chi connectivity index (χ1) is 9.63. The monoisotopic (exact) mass is 327 g/mol. The molecule has 0 aliphatic rings. The van der Waals surface area contributed by atoms with Gasteiger partial charge in [0.15, 0.2) is 5.15 Å². The number of pyridine rings is 1. The molecule has 4 nitrogen and oxygen atoms in total. The average molecular weight is 328 g/mol. The summed E-state index contributed by atoms with van der Waals surface area (Å²) in [6.07, 6.45) is 5.91. The lowest BCUT2D eigenvalue weighted by molar-refractivity contribution is -0.117. The molecule has 0 saturated carbocycles. The lowest BCUT2D eigenvalue weighted by atomic mass is 10.3. The lowest BCUT2D eigenvalue weighted by Gasteiger charge is -2.14. The van der Waals surface area contributed by atoms with Crippen LogP contribution in [0.4, 0.5) is 5.00 Å². The number of aromatic nitrogens is 2. The number of carbonyl (C=O) groups excluding carboxylic acids is 1. The van der Waals surface area contributed by atoms with Crippen molar-refractivity contribution in [3.8, 4) is 10.6 Å². The van der Waals surface area contributed by atoms with Gasteiger partial charge >= 0.3 is 0 Å². The van der Waals surface area contributed by atoms with Crippen molar-refractivity contribution in [1.29, 1.82) is 0 Å². The number of thioether (sulfide) groups is 1. The molecule has 2 aromatic rings. The molecule has 0 bridgehead atoms. The molecule has 106 valence electrons. The zero-order chi connectivity index (χ0) is 14.5. The molecule has 0 aromatic carbocycles. The van der Waals surface area contributed by atoms with Gasteiger partial charge in [-0.2, -0.15) is 11.8 Å². The molecule has 0 saturated heterocycles. The van der Waals surface area contributed by atoms with Crippen molar-refractivity contribution in [3.63, 3.8) is 0 Å². The van der Waals surface area contributed by atoms with Crippen LogP contribution in [0.3, 0.4) is 0 Å². The highest BCUT2D eigenvalue weighted by molar-refractivity contribution is 7.98. The first-order valence-corrected chi connectivity index (χ1v) is 8.54. The third kappa shape index (κ3) is 3.50. The number of thiazole rings is 1. The molecule has 0 unspecified atom stereocenters. The van der Waals surface area contributed by atoms with Gasteiger partial charge < -0.3 is 4.90 Å². The zero-order valence-corrected chi connectivity index (χ0v) is 13.6. The van der Waals surface area contributed by atoms with Gasteiger partial charge in [-0.25, -0.2) is 4.98 Å². The minimum atomic E-state index is 0.0441. The number of anilines is 1. The maximum absolute atomic E-state index is 12.0. The second-order valence-electron chi connectivity index (χ2n) is 4.05. The van der Waals surface area contributed by atoms with Gasteiger partial charge in [-0.15, -0.1) is 0 Å². The Balaban J connectivity index is 2.21. The molecule has 0 aliphatic carbocycles. The van der Waals surface area contributed by atoms with E-state index in [9.17, 15) is 4.79 Å². The van der Waals surface area contributed by atoms with Gasteiger partial charge in [-0.1, -0.05) is 22.9 Å². The average Bonchev–Trinajstić information content (AvgIpc) is 2.87. The Morgan fingerprint density at radius 2 is 2.35 bits per heavy atom. The van der Waals surface area contributed by atoms with E-state index >= 15 is 0 Å². The molecule has 0 atom stereocenters. The molecule has 2 aromatic heterocycles. The molecular weight excluding hydrogens is 314 g/mol. The number of nitrogens with zero attached hydrogens (tertiary/aromatic N) is 3. The molecular formula is C13H14ClN3OS2. The Morgan fingerprint density at radius 1 is 1.55 bits per heavy atom. The number of rotatable bonds is 5. The Bertz CT molecular complexity index is 589. The number of hydrogen-bond acceptors (Lipinski definition) is 5. The highest BCUT2D eigenvalue weighted by Crippen LogP contribution is 2.37. The van der Waals surface area contributed by atoms with Gasteiger partial charge in [0.05, 0.1) is 0 Å². The van der Waals surface area contributed by atoms with E-state index in [4.69, 9.17) is 11.6 Å². The second kappa shape index (κ2) is 7.06. The van der Waals surface area contributed by atoms with Gasteiger partial charge in [0.1, 0.15) is 10.0 Å².